The molecule has 1 aliphatic carbocycles. The van der Waals surface area contributed by atoms with Gasteiger partial charge in [0.1, 0.15) is 5.75 Å². The number of fused-ring (bicyclic) bond motifs is 1. The number of hydrogen-bond acceptors (Lipinski definition) is 4. The van der Waals surface area contributed by atoms with Crippen LogP contribution in [0.1, 0.15) is 36.3 Å². The molecule has 104 valence electrons. The molecule has 0 spiro atoms. The van der Waals surface area contributed by atoms with Crippen LogP contribution in [0, 0.1) is 0 Å². The van der Waals surface area contributed by atoms with E-state index in [2.05, 4.69) is 16.9 Å². The quantitative estimate of drug-likeness (QED) is 0.825. The molecule has 2 N–H and O–H groups in total. The molecular formula is C15H21NO3. The van der Waals surface area contributed by atoms with Gasteiger partial charge in [-0.1, -0.05) is 6.07 Å². The largest absolute Gasteiger partial charge is 0.497 e. The Kier molecular flexibility index (Phi) is 4.43. The number of carbonyl (C=O) groups excluding carboxylic acids is 1. The highest BCUT2D eigenvalue weighted by atomic mass is 16.5. The molecule has 2 rings (SSSR count). The Morgan fingerprint density at radius 1 is 1.42 bits per heavy atom. The van der Waals surface area contributed by atoms with E-state index in [0.717, 1.165) is 25.0 Å². The molecule has 19 heavy (non-hydrogen) atoms. The van der Waals surface area contributed by atoms with Crippen LogP contribution < -0.4 is 10.5 Å². The van der Waals surface area contributed by atoms with Crippen molar-refractivity contribution in [3.05, 3.63) is 29.3 Å². The summed E-state index contributed by atoms with van der Waals surface area (Å²) in [5.41, 5.74) is 8.79. The molecule has 1 aromatic carbocycles. The Labute approximate surface area is 113 Å². The van der Waals surface area contributed by atoms with Gasteiger partial charge in [-0.3, -0.25) is 4.79 Å². The van der Waals surface area contributed by atoms with Gasteiger partial charge in [-0.05, 0) is 48.4 Å². The number of nitrogens with two attached hydrogens (primary N) is 1. The zero-order valence-electron chi connectivity index (χ0n) is 11.5. The normalized spacial score (nSPS) is 21.0. The predicted molar refractivity (Wildman–Crippen MR) is 73.3 cm³/mol. The van der Waals surface area contributed by atoms with Crippen LogP contribution in [0.3, 0.4) is 0 Å². The first-order chi connectivity index (χ1) is 9.15. The predicted octanol–water partition coefficient (Wildman–Crippen LogP) is 2.01. The second-order valence-electron chi connectivity index (χ2n) is 5.01. The average Bonchev–Trinajstić information content (AvgIpc) is 2.73. The second-order valence-corrected chi connectivity index (χ2v) is 5.01. The van der Waals surface area contributed by atoms with Crippen molar-refractivity contribution in [3.63, 3.8) is 0 Å². The fourth-order valence-corrected chi connectivity index (χ4v) is 2.81. The van der Waals surface area contributed by atoms with E-state index >= 15 is 0 Å². The number of methoxy groups -OCH3 is 2. The molecule has 2 atom stereocenters. The SMILES string of the molecule is COC(=O)CCCC1c2ccc(OC)cc2CC1N. The third-order valence-electron chi connectivity index (χ3n) is 3.85. The van der Waals surface area contributed by atoms with Crippen molar-refractivity contribution in [2.45, 2.75) is 37.6 Å². The number of hydrogen-bond donors (Lipinski definition) is 1. The van der Waals surface area contributed by atoms with Gasteiger partial charge < -0.3 is 15.2 Å². The Morgan fingerprint density at radius 2 is 2.21 bits per heavy atom. The molecule has 1 aromatic rings. The number of carbonyl (C=O) groups is 1. The van der Waals surface area contributed by atoms with Crippen LogP contribution >= 0.6 is 0 Å². The molecule has 0 fully saturated rings. The Morgan fingerprint density at radius 3 is 2.89 bits per heavy atom. The van der Waals surface area contributed by atoms with Crippen LogP contribution in [0.2, 0.25) is 0 Å². The van der Waals surface area contributed by atoms with Gasteiger partial charge in [-0.15, -0.1) is 0 Å². The molecule has 0 saturated carbocycles. The van der Waals surface area contributed by atoms with Gasteiger partial charge >= 0.3 is 5.97 Å². The summed E-state index contributed by atoms with van der Waals surface area (Å²) in [6.07, 6.45) is 3.09. The summed E-state index contributed by atoms with van der Waals surface area (Å²) in [6.45, 7) is 0. The van der Waals surface area contributed by atoms with E-state index in [1.807, 2.05) is 6.07 Å². The van der Waals surface area contributed by atoms with Crippen LogP contribution in [0.25, 0.3) is 0 Å². The second kappa shape index (κ2) is 6.06. The fraction of sp³-hybridized carbons (Fsp3) is 0.533. The minimum absolute atomic E-state index is 0.139. The summed E-state index contributed by atoms with van der Waals surface area (Å²) >= 11 is 0. The molecule has 2 unspecified atom stereocenters. The number of benzene rings is 1. The lowest BCUT2D eigenvalue weighted by Crippen LogP contribution is -2.25. The van der Waals surface area contributed by atoms with Crippen LogP contribution in [0.4, 0.5) is 0 Å². The van der Waals surface area contributed by atoms with Crippen molar-refractivity contribution in [1.29, 1.82) is 0 Å². The highest BCUT2D eigenvalue weighted by molar-refractivity contribution is 5.69. The molecule has 4 heteroatoms. The zero-order valence-corrected chi connectivity index (χ0v) is 11.5. The highest BCUT2D eigenvalue weighted by Crippen LogP contribution is 2.37. The highest BCUT2D eigenvalue weighted by Gasteiger charge is 2.29. The monoisotopic (exact) mass is 263 g/mol. The summed E-state index contributed by atoms with van der Waals surface area (Å²) in [5, 5.41) is 0. The van der Waals surface area contributed by atoms with E-state index in [1.165, 1.54) is 18.2 Å². The van der Waals surface area contributed by atoms with Crippen molar-refractivity contribution >= 4 is 5.97 Å². The van der Waals surface area contributed by atoms with Gasteiger partial charge in [0, 0.05) is 12.5 Å². The molecule has 0 radical (unpaired) electrons. The summed E-state index contributed by atoms with van der Waals surface area (Å²) in [4.78, 5) is 11.1. The first-order valence-corrected chi connectivity index (χ1v) is 6.65. The number of esters is 1. The van der Waals surface area contributed by atoms with Crippen molar-refractivity contribution in [1.82, 2.24) is 0 Å². The standard InChI is InChI=1S/C15H21NO3/c1-18-11-6-7-12-10(8-11)9-14(16)13(12)4-3-5-15(17)19-2/h6-8,13-14H,3-5,9,16H2,1-2H3. The number of rotatable bonds is 5. The first kappa shape index (κ1) is 13.9. The van der Waals surface area contributed by atoms with E-state index in [9.17, 15) is 4.79 Å². The third kappa shape index (κ3) is 3.07. The van der Waals surface area contributed by atoms with Gasteiger partial charge in [0.15, 0.2) is 0 Å². The van der Waals surface area contributed by atoms with E-state index < -0.39 is 0 Å². The van der Waals surface area contributed by atoms with E-state index in [1.54, 1.807) is 7.11 Å². The lowest BCUT2D eigenvalue weighted by molar-refractivity contribution is -0.140. The third-order valence-corrected chi connectivity index (χ3v) is 3.85. The van der Waals surface area contributed by atoms with E-state index in [4.69, 9.17) is 10.5 Å². The van der Waals surface area contributed by atoms with Gasteiger partial charge in [-0.25, -0.2) is 0 Å². The van der Waals surface area contributed by atoms with Gasteiger partial charge in [0.25, 0.3) is 0 Å². The van der Waals surface area contributed by atoms with Gasteiger partial charge in [0.2, 0.25) is 0 Å². The topological polar surface area (TPSA) is 61.5 Å². The fourth-order valence-electron chi connectivity index (χ4n) is 2.81. The molecule has 0 heterocycles. The van der Waals surface area contributed by atoms with Crippen LogP contribution in [0.5, 0.6) is 5.75 Å². The van der Waals surface area contributed by atoms with Crippen molar-refractivity contribution in [2.75, 3.05) is 14.2 Å². The molecular weight excluding hydrogens is 242 g/mol. The Bertz CT molecular complexity index is 459. The Hall–Kier alpha value is -1.55. The lowest BCUT2D eigenvalue weighted by atomic mass is 9.93. The smallest absolute Gasteiger partial charge is 0.305 e. The molecule has 0 amide bonds. The lowest BCUT2D eigenvalue weighted by Gasteiger charge is -2.16. The van der Waals surface area contributed by atoms with Gasteiger partial charge in [0.05, 0.1) is 14.2 Å². The molecule has 4 nitrogen and oxygen atoms in total. The zero-order chi connectivity index (χ0) is 13.8. The first-order valence-electron chi connectivity index (χ1n) is 6.65. The van der Waals surface area contributed by atoms with Gasteiger partial charge in [-0.2, -0.15) is 0 Å². The minimum atomic E-state index is -0.151. The Balaban J connectivity index is 2.01. The van der Waals surface area contributed by atoms with Crippen molar-refractivity contribution in [2.24, 2.45) is 5.73 Å². The van der Waals surface area contributed by atoms with Crippen LogP contribution in [0.15, 0.2) is 18.2 Å². The van der Waals surface area contributed by atoms with Crippen molar-refractivity contribution < 1.29 is 14.3 Å². The minimum Gasteiger partial charge on any atom is -0.497 e. The molecule has 0 bridgehead atoms. The maximum Gasteiger partial charge on any atom is 0.305 e. The summed E-state index contributed by atoms with van der Waals surface area (Å²) in [6, 6.07) is 6.28. The van der Waals surface area contributed by atoms with E-state index in [-0.39, 0.29) is 12.0 Å². The number of ether oxygens (including phenoxy) is 2. The molecule has 1 aliphatic rings. The van der Waals surface area contributed by atoms with E-state index in [0.29, 0.717) is 12.3 Å². The van der Waals surface area contributed by atoms with Crippen LogP contribution in [-0.4, -0.2) is 26.2 Å². The average molecular weight is 263 g/mol. The summed E-state index contributed by atoms with van der Waals surface area (Å²) in [7, 11) is 3.09. The maximum atomic E-state index is 11.1. The summed E-state index contributed by atoms with van der Waals surface area (Å²) in [5.74, 6) is 1.06. The molecule has 0 aromatic heterocycles. The van der Waals surface area contributed by atoms with Crippen LogP contribution in [-0.2, 0) is 16.0 Å². The maximum absolute atomic E-state index is 11.1. The summed E-state index contributed by atoms with van der Waals surface area (Å²) < 4.78 is 9.89. The molecule has 0 saturated heterocycles. The molecule has 0 aliphatic heterocycles. The van der Waals surface area contributed by atoms with Crippen molar-refractivity contribution in [3.8, 4) is 5.75 Å².